The molecule has 0 aliphatic rings. The summed E-state index contributed by atoms with van der Waals surface area (Å²) in [6.45, 7) is 1.85. The number of hydrogen-bond acceptors (Lipinski definition) is 4. The van der Waals surface area contributed by atoms with Crippen molar-refractivity contribution in [2.45, 2.75) is 16.7 Å². The molecule has 0 atom stereocenters. The molecule has 0 fully saturated rings. The molecule has 0 aliphatic carbocycles. The summed E-state index contributed by atoms with van der Waals surface area (Å²) in [5.41, 5.74) is 1.76. The lowest BCUT2D eigenvalue weighted by Gasteiger charge is -2.11. The Labute approximate surface area is 157 Å². The van der Waals surface area contributed by atoms with E-state index in [1.165, 1.54) is 30.3 Å². The van der Waals surface area contributed by atoms with Crippen molar-refractivity contribution in [3.63, 3.8) is 0 Å². The highest BCUT2D eigenvalue weighted by molar-refractivity contribution is 7.91. The van der Waals surface area contributed by atoms with E-state index >= 15 is 0 Å². The van der Waals surface area contributed by atoms with Crippen LogP contribution in [0.4, 0.5) is 16.2 Å². The molecule has 0 radical (unpaired) electrons. The summed E-state index contributed by atoms with van der Waals surface area (Å²) in [4.78, 5) is 11.9. The molecule has 0 saturated heterocycles. The van der Waals surface area contributed by atoms with Crippen LogP contribution >= 0.6 is 0 Å². The van der Waals surface area contributed by atoms with Gasteiger partial charge in [0.2, 0.25) is 9.84 Å². The first-order valence-corrected chi connectivity index (χ1v) is 9.62. The number of phenolic OH excluding ortho intramolecular Hbond substituents is 1. The van der Waals surface area contributed by atoms with Gasteiger partial charge in [-0.05, 0) is 49.4 Å². The van der Waals surface area contributed by atoms with Crippen LogP contribution < -0.4 is 10.6 Å². The molecule has 0 bridgehead atoms. The number of benzene rings is 3. The topological polar surface area (TPSA) is 95.5 Å². The van der Waals surface area contributed by atoms with Crippen molar-refractivity contribution < 1.29 is 18.3 Å². The molecule has 3 aromatic carbocycles. The third-order valence-corrected chi connectivity index (χ3v) is 5.67. The zero-order valence-corrected chi connectivity index (χ0v) is 15.3. The van der Waals surface area contributed by atoms with Gasteiger partial charge in [-0.2, -0.15) is 0 Å². The number of aromatic hydroxyl groups is 1. The van der Waals surface area contributed by atoms with Crippen molar-refractivity contribution >= 4 is 27.2 Å². The molecule has 3 aromatic rings. The number of phenols is 1. The summed E-state index contributed by atoms with van der Waals surface area (Å²) in [7, 11) is -3.93. The van der Waals surface area contributed by atoms with E-state index in [1.54, 1.807) is 36.4 Å². The van der Waals surface area contributed by atoms with Gasteiger partial charge in [-0.15, -0.1) is 0 Å². The van der Waals surface area contributed by atoms with Crippen LogP contribution in [-0.2, 0) is 9.84 Å². The van der Waals surface area contributed by atoms with E-state index in [9.17, 15) is 18.3 Å². The quantitative estimate of drug-likeness (QED) is 0.590. The second-order valence-electron chi connectivity index (χ2n) is 5.94. The van der Waals surface area contributed by atoms with Gasteiger partial charge < -0.3 is 15.7 Å². The fourth-order valence-corrected chi connectivity index (χ4v) is 3.84. The van der Waals surface area contributed by atoms with Crippen LogP contribution in [0.5, 0.6) is 5.75 Å². The largest absolute Gasteiger partial charge is 0.507 e. The second kappa shape index (κ2) is 7.51. The molecule has 0 saturated carbocycles. The number of anilines is 2. The first-order valence-electron chi connectivity index (χ1n) is 8.14. The van der Waals surface area contributed by atoms with E-state index in [1.807, 2.05) is 13.0 Å². The predicted molar refractivity (Wildman–Crippen MR) is 104 cm³/mol. The molecular formula is C20H18N2O4S. The maximum absolute atomic E-state index is 12.8. The van der Waals surface area contributed by atoms with Crippen molar-refractivity contribution in [1.82, 2.24) is 0 Å². The number of amides is 2. The highest BCUT2D eigenvalue weighted by Gasteiger charge is 2.22. The number of rotatable bonds is 4. The third-order valence-electron chi connectivity index (χ3n) is 3.87. The molecule has 0 unspecified atom stereocenters. The maximum atomic E-state index is 12.8. The molecule has 2 amide bonds. The predicted octanol–water partition coefficient (Wildman–Crippen LogP) is 4.18. The van der Waals surface area contributed by atoms with Gasteiger partial charge in [-0.1, -0.05) is 35.9 Å². The van der Waals surface area contributed by atoms with Crippen molar-refractivity contribution in [3.8, 4) is 5.75 Å². The van der Waals surface area contributed by atoms with Crippen LogP contribution in [0.3, 0.4) is 0 Å². The van der Waals surface area contributed by atoms with E-state index in [0.717, 1.165) is 5.56 Å². The molecule has 0 aromatic heterocycles. The summed E-state index contributed by atoms with van der Waals surface area (Å²) >= 11 is 0. The molecule has 0 aliphatic heterocycles. The standard InChI is InChI=1S/C20H18N2O4S/c1-14-7-10-17(11-8-14)27(25,26)19-13-16(9-12-18(19)23)22-20(24)21-15-5-3-2-4-6-15/h2-13,23H,1H3,(H2,21,22,24). The summed E-state index contributed by atoms with van der Waals surface area (Å²) in [6, 6.07) is 18.5. The summed E-state index contributed by atoms with van der Waals surface area (Å²) in [6.07, 6.45) is 0. The molecular weight excluding hydrogens is 364 g/mol. The van der Waals surface area contributed by atoms with Gasteiger partial charge in [0, 0.05) is 11.4 Å². The van der Waals surface area contributed by atoms with E-state index in [-0.39, 0.29) is 21.2 Å². The number of carbonyl (C=O) groups is 1. The molecule has 3 N–H and O–H groups in total. The van der Waals surface area contributed by atoms with Crippen molar-refractivity contribution in [2.24, 2.45) is 0 Å². The van der Waals surface area contributed by atoms with Crippen LogP contribution in [0.15, 0.2) is 82.6 Å². The molecule has 6 nitrogen and oxygen atoms in total. The van der Waals surface area contributed by atoms with E-state index in [4.69, 9.17) is 0 Å². The number of para-hydroxylation sites is 1. The smallest absolute Gasteiger partial charge is 0.323 e. The summed E-state index contributed by atoms with van der Waals surface area (Å²) in [5.74, 6) is -0.385. The van der Waals surface area contributed by atoms with Crippen molar-refractivity contribution in [1.29, 1.82) is 0 Å². The van der Waals surface area contributed by atoms with E-state index < -0.39 is 15.9 Å². The van der Waals surface area contributed by atoms with Gasteiger partial charge in [-0.25, -0.2) is 13.2 Å². The van der Waals surface area contributed by atoms with Crippen LogP contribution in [0.2, 0.25) is 0 Å². The van der Waals surface area contributed by atoms with Crippen LogP contribution in [0.25, 0.3) is 0 Å². The van der Waals surface area contributed by atoms with Crippen LogP contribution in [-0.4, -0.2) is 19.6 Å². The molecule has 27 heavy (non-hydrogen) atoms. The zero-order chi connectivity index (χ0) is 19.4. The minimum Gasteiger partial charge on any atom is -0.507 e. The Bertz CT molecular complexity index is 1060. The molecule has 7 heteroatoms. The minimum absolute atomic E-state index is 0.0642. The van der Waals surface area contributed by atoms with Gasteiger partial charge in [0.05, 0.1) is 4.90 Å². The fraction of sp³-hybridized carbons (Fsp3) is 0.0500. The number of nitrogens with one attached hydrogen (secondary N) is 2. The van der Waals surface area contributed by atoms with Gasteiger partial charge in [0.15, 0.2) is 0 Å². The monoisotopic (exact) mass is 382 g/mol. The number of carbonyl (C=O) groups excluding carboxylic acids is 1. The SMILES string of the molecule is Cc1ccc(S(=O)(=O)c2cc(NC(=O)Nc3ccccc3)ccc2O)cc1. The normalized spacial score (nSPS) is 11.0. The van der Waals surface area contributed by atoms with E-state index in [0.29, 0.717) is 5.69 Å². The third kappa shape index (κ3) is 4.27. The average Bonchev–Trinajstić information content (AvgIpc) is 2.64. The lowest BCUT2D eigenvalue weighted by Crippen LogP contribution is -2.19. The lowest BCUT2D eigenvalue weighted by molar-refractivity contribution is 0.262. The Hall–Kier alpha value is -3.32. The first kappa shape index (κ1) is 18.5. The fourth-order valence-electron chi connectivity index (χ4n) is 2.47. The number of hydrogen-bond donors (Lipinski definition) is 3. The number of sulfone groups is 1. The van der Waals surface area contributed by atoms with Gasteiger partial charge in [0.1, 0.15) is 10.6 Å². The molecule has 0 spiro atoms. The Balaban J connectivity index is 1.86. The minimum atomic E-state index is -3.93. The molecule has 0 heterocycles. The molecule has 3 rings (SSSR count). The Morgan fingerprint density at radius 3 is 2.15 bits per heavy atom. The lowest BCUT2D eigenvalue weighted by atomic mass is 10.2. The number of aryl methyl sites for hydroxylation is 1. The highest BCUT2D eigenvalue weighted by Crippen LogP contribution is 2.31. The Morgan fingerprint density at radius 2 is 1.48 bits per heavy atom. The second-order valence-corrected chi connectivity index (χ2v) is 7.86. The first-order chi connectivity index (χ1) is 12.9. The Kier molecular flexibility index (Phi) is 5.14. The molecule has 138 valence electrons. The zero-order valence-electron chi connectivity index (χ0n) is 14.5. The summed E-state index contributed by atoms with van der Waals surface area (Å²) < 4.78 is 25.6. The Morgan fingerprint density at radius 1 is 0.852 bits per heavy atom. The van der Waals surface area contributed by atoms with Gasteiger partial charge in [0.25, 0.3) is 0 Å². The van der Waals surface area contributed by atoms with Crippen LogP contribution in [0, 0.1) is 6.92 Å². The highest BCUT2D eigenvalue weighted by atomic mass is 32.2. The van der Waals surface area contributed by atoms with E-state index in [2.05, 4.69) is 10.6 Å². The van der Waals surface area contributed by atoms with Crippen LogP contribution in [0.1, 0.15) is 5.56 Å². The van der Waals surface area contributed by atoms with Gasteiger partial charge >= 0.3 is 6.03 Å². The average molecular weight is 382 g/mol. The van der Waals surface area contributed by atoms with Gasteiger partial charge in [-0.3, -0.25) is 0 Å². The van der Waals surface area contributed by atoms with Crippen molar-refractivity contribution in [3.05, 3.63) is 78.4 Å². The summed E-state index contributed by atoms with van der Waals surface area (Å²) in [5, 5.41) is 15.3. The number of urea groups is 1. The maximum Gasteiger partial charge on any atom is 0.323 e. The van der Waals surface area contributed by atoms with Crippen molar-refractivity contribution in [2.75, 3.05) is 10.6 Å².